The molecule has 1 N–H and O–H groups in total. The first kappa shape index (κ1) is 17.4. The van der Waals surface area contributed by atoms with Crippen molar-refractivity contribution in [2.45, 2.75) is 33.6 Å². The normalized spacial score (nSPS) is 11.6. The van der Waals surface area contributed by atoms with Gasteiger partial charge >= 0.3 is 5.97 Å². The number of esters is 1. The van der Waals surface area contributed by atoms with E-state index in [1.54, 1.807) is 18.7 Å². The molecule has 2 amide bonds. The van der Waals surface area contributed by atoms with E-state index < -0.39 is 0 Å². The summed E-state index contributed by atoms with van der Waals surface area (Å²) in [6, 6.07) is 0. The van der Waals surface area contributed by atoms with Gasteiger partial charge in [-0.25, -0.2) is 0 Å². The molecule has 0 aliphatic carbocycles. The van der Waals surface area contributed by atoms with E-state index in [9.17, 15) is 14.4 Å². The molecular weight excluding hydrogens is 248 g/mol. The second-order valence-corrected chi connectivity index (χ2v) is 4.45. The molecule has 0 aliphatic rings. The third kappa shape index (κ3) is 7.43. The minimum atomic E-state index is -0.346. The van der Waals surface area contributed by atoms with Crippen molar-refractivity contribution in [2.24, 2.45) is 5.92 Å². The average molecular weight is 272 g/mol. The molecule has 0 heterocycles. The number of ether oxygens (including phenoxy) is 1. The Balaban J connectivity index is 4.27. The molecule has 1 unspecified atom stereocenters. The third-order valence-electron chi connectivity index (χ3n) is 2.73. The Morgan fingerprint density at radius 2 is 1.95 bits per heavy atom. The molecule has 6 nitrogen and oxygen atoms in total. The molecule has 0 aromatic rings. The summed E-state index contributed by atoms with van der Waals surface area (Å²) < 4.78 is 4.65. The molecule has 0 fully saturated rings. The number of hydrogen-bond donors (Lipinski definition) is 1. The maximum absolute atomic E-state index is 11.8. The van der Waals surface area contributed by atoms with Gasteiger partial charge in [0, 0.05) is 33.0 Å². The van der Waals surface area contributed by atoms with Crippen molar-refractivity contribution in [3.63, 3.8) is 0 Å². The Morgan fingerprint density at radius 3 is 2.42 bits per heavy atom. The first-order valence-corrected chi connectivity index (χ1v) is 6.52. The van der Waals surface area contributed by atoms with E-state index in [2.05, 4.69) is 10.1 Å². The van der Waals surface area contributed by atoms with Gasteiger partial charge in [-0.1, -0.05) is 13.8 Å². The van der Waals surface area contributed by atoms with Gasteiger partial charge in [0.05, 0.1) is 13.0 Å². The van der Waals surface area contributed by atoms with E-state index in [0.29, 0.717) is 32.5 Å². The van der Waals surface area contributed by atoms with Crippen molar-refractivity contribution in [2.75, 3.05) is 26.7 Å². The molecule has 6 heteroatoms. The van der Waals surface area contributed by atoms with Crippen LogP contribution in [0.25, 0.3) is 0 Å². The monoisotopic (exact) mass is 272 g/mol. The van der Waals surface area contributed by atoms with Crippen LogP contribution in [0.15, 0.2) is 0 Å². The van der Waals surface area contributed by atoms with Crippen molar-refractivity contribution in [3.05, 3.63) is 0 Å². The number of amides is 2. The summed E-state index contributed by atoms with van der Waals surface area (Å²) in [4.78, 5) is 35.5. The van der Waals surface area contributed by atoms with E-state index in [0.717, 1.165) is 0 Å². The van der Waals surface area contributed by atoms with Gasteiger partial charge in [0.15, 0.2) is 0 Å². The highest BCUT2D eigenvalue weighted by Crippen LogP contribution is 2.05. The SMILES string of the molecule is CCC(=O)N(CCCNC(C)=O)CC(C)C(=O)OC. The smallest absolute Gasteiger partial charge is 0.310 e. The quantitative estimate of drug-likeness (QED) is 0.517. The van der Waals surface area contributed by atoms with Gasteiger partial charge in [-0.2, -0.15) is 0 Å². The number of nitrogens with one attached hydrogen (secondary N) is 1. The predicted molar refractivity (Wildman–Crippen MR) is 71.4 cm³/mol. The van der Waals surface area contributed by atoms with Crippen molar-refractivity contribution >= 4 is 17.8 Å². The topological polar surface area (TPSA) is 75.7 Å². The van der Waals surface area contributed by atoms with Crippen LogP contribution in [0.3, 0.4) is 0 Å². The average Bonchev–Trinajstić information content (AvgIpc) is 2.39. The predicted octanol–water partition coefficient (Wildman–Crippen LogP) is 0.560. The Bertz CT molecular complexity index is 318. The number of methoxy groups -OCH3 is 1. The lowest BCUT2D eigenvalue weighted by atomic mass is 10.1. The molecule has 0 saturated heterocycles. The molecule has 110 valence electrons. The summed E-state index contributed by atoms with van der Waals surface area (Å²) in [5.74, 6) is -0.757. The molecule has 0 rings (SSSR count). The fourth-order valence-corrected chi connectivity index (χ4v) is 1.68. The molecule has 0 spiro atoms. The fraction of sp³-hybridized carbons (Fsp3) is 0.769. The lowest BCUT2D eigenvalue weighted by molar-refractivity contribution is -0.146. The Morgan fingerprint density at radius 1 is 1.32 bits per heavy atom. The van der Waals surface area contributed by atoms with E-state index in [4.69, 9.17) is 0 Å². The fourth-order valence-electron chi connectivity index (χ4n) is 1.68. The van der Waals surface area contributed by atoms with Crippen LogP contribution in [-0.4, -0.2) is 49.4 Å². The van der Waals surface area contributed by atoms with Gasteiger partial charge in [-0.3, -0.25) is 14.4 Å². The second kappa shape index (κ2) is 9.35. The summed E-state index contributed by atoms with van der Waals surface area (Å²) in [6.45, 7) is 6.36. The number of rotatable bonds is 8. The number of hydrogen-bond acceptors (Lipinski definition) is 4. The van der Waals surface area contributed by atoms with Crippen molar-refractivity contribution in [1.82, 2.24) is 10.2 Å². The van der Waals surface area contributed by atoms with Crippen LogP contribution in [0, 0.1) is 5.92 Å². The van der Waals surface area contributed by atoms with Gasteiger partial charge in [-0.15, -0.1) is 0 Å². The third-order valence-corrected chi connectivity index (χ3v) is 2.73. The largest absolute Gasteiger partial charge is 0.469 e. The van der Waals surface area contributed by atoms with Crippen molar-refractivity contribution < 1.29 is 19.1 Å². The maximum atomic E-state index is 11.8. The van der Waals surface area contributed by atoms with Crippen LogP contribution in [0.4, 0.5) is 0 Å². The molecule has 1 atom stereocenters. The zero-order valence-electron chi connectivity index (χ0n) is 12.2. The van der Waals surface area contributed by atoms with E-state index >= 15 is 0 Å². The molecule has 0 aliphatic heterocycles. The van der Waals surface area contributed by atoms with Gasteiger partial charge in [0.2, 0.25) is 11.8 Å². The van der Waals surface area contributed by atoms with Crippen LogP contribution in [0.1, 0.15) is 33.6 Å². The van der Waals surface area contributed by atoms with Crippen molar-refractivity contribution in [3.8, 4) is 0 Å². The van der Waals surface area contributed by atoms with Gasteiger partial charge < -0.3 is 15.0 Å². The van der Waals surface area contributed by atoms with Crippen LogP contribution in [0.5, 0.6) is 0 Å². The minimum absolute atomic E-state index is 0.00132. The molecule has 0 aromatic heterocycles. The van der Waals surface area contributed by atoms with E-state index in [1.807, 2.05) is 0 Å². The summed E-state index contributed by atoms with van der Waals surface area (Å²) >= 11 is 0. The highest BCUT2D eigenvalue weighted by Gasteiger charge is 2.20. The first-order valence-electron chi connectivity index (χ1n) is 6.52. The van der Waals surface area contributed by atoms with E-state index in [-0.39, 0.29) is 23.7 Å². The highest BCUT2D eigenvalue weighted by atomic mass is 16.5. The molecule has 0 aromatic carbocycles. The zero-order chi connectivity index (χ0) is 14.8. The molecule has 0 radical (unpaired) electrons. The number of nitrogens with zero attached hydrogens (tertiary/aromatic N) is 1. The maximum Gasteiger partial charge on any atom is 0.310 e. The second-order valence-electron chi connectivity index (χ2n) is 4.45. The summed E-state index contributed by atoms with van der Waals surface area (Å²) in [7, 11) is 1.33. The molecule has 0 saturated carbocycles. The van der Waals surface area contributed by atoms with Crippen molar-refractivity contribution in [1.29, 1.82) is 0 Å². The minimum Gasteiger partial charge on any atom is -0.469 e. The van der Waals surface area contributed by atoms with Gasteiger partial charge in [-0.05, 0) is 6.42 Å². The Kier molecular flexibility index (Phi) is 8.57. The van der Waals surface area contributed by atoms with Gasteiger partial charge in [0.1, 0.15) is 0 Å². The van der Waals surface area contributed by atoms with Crippen LogP contribution in [0.2, 0.25) is 0 Å². The Labute approximate surface area is 114 Å². The van der Waals surface area contributed by atoms with Gasteiger partial charge in [0.25, 0.3) is 0 Å². The summed E-state index contributed by atoms with van der Waals surface area (Å²) in [6.07, 6.45) is 1.06. The summed E-state index contributed by atoms with van der Waals surface area (Å²) in [5, 5.41) is 2.68. The standard InChI is InChI=1S/C13H24N2O4/c1-5-12(17)15(8-6-7-14-11(3)16)9-10(2)13(18)19-4/h10H,5-9H2,1-4H3,(H,14,16). The molecular formula is C13H24N2O4. The number of carbonyl (C=O) groups is 3. The molecule has 19 heavy (non-hydrogen) atoms. The molecule has 0 bridgehead atoms. The van der Waals surface area contributed by atoms with Crippen LogP contribution < -0.4 is 5.32 Å². The first-order chi connectivity index (χ1) is 8.92. The summed E-state index contributed by atoms with van der Waals surface area (Å²) in [5.41, 5.74) is 0. The van der Waals surface area contributed by atoms with Crippen LogP contribution >= 0.6 is 0 Å². The van der Waals surface area contributed by atoms with Crippen LogP contribution in [-0.2, 0) is 19.1 Å². The lowest BCUT2D eigenvalue weighted by Gasteiger charge is -2.24. The lowest BCUT2D eigenvalue weighted by Crippen LogP contribution is -2.38. The zero-order valence-corrected chi connectivity index (χ0v) is 12.2. The highest BCUT2D eigenvalue weighted by molar-refractivity contribution is 5.77. The Hall–Kier alpha value is -1.59. The number of carbonyl (C=O) groups excluding carboxylic acids is 3. The van der Waals surface area contributed by atoms with E-state index in [1.165, 1.54) is 14.0 Å².